The van der Waals surface area contributed by atoms with Crippen LogP contribution in [0.2, 0.25) is 0 Å². The van der Waals surface area contributed by atoms with Crippen molar-refractivity contribution in [1.29, 1.82) is 0 Å². The van der Waals surface area contributed by atoms with Crippen LogP contribution in [0.15, 0.2) is 40.9 Å². The molecule has 168 valence electrons. The summed E-state index contributed by atoms with van der Waals surface area (Å²) in [6, 6.07) is 8.85. The van der Waals surface area contributed by atoms with E-state index in [1.54, 1.807) is 19.1 Å². The third-order valence-electron chi connectivity index (χ3n) is 4.70. The molecule has 0 spiro atoms. The van der Waals surface area contributed by atoms with Crippen LogP contribution in [0.4, 0.5) is 4.39 Å². The lowest BCUT2D eigenvalue weighted by atomic mass is 10.1. The van der Waals surface area contributed by atoms with Gasteiger partial charge in [-0.25, -0.2) is 4.39 Å². The summed E-state index contributed by atoms with van der Waals surface area (Å²) in [5.74, 6) is -0.373. The fourth-order valence-corrected chi connectivity index (χ4v) is 3.29. The molecular formula is C24H30BrFN2O3. The molecule has 2 amide bonds. The van der Waals surface area contributed by atoms with E-state index >= 15 is 0 Å². The van der Waals surface area contributed by atoms with Gasteiger partial charge in [0.05, 0.1) is 0 Å². The average Bonchev–Trinajstić information content (AvgIpc) is 2.67. The largest absolute Gasteiger partial charge is 0.484 e. The fourth-order valence-electron chi connectivity index (χ4n) is 3.06. The molecule has 2 aromatic rings. The van der Waals surface area contributed by atoms with Gasteiger partial charge in [0.2, 0.25) is 5.91 Å². The number of halogens is 2. The zero-order chi connectivity index (χ0) is 23.3. The topological polar surface area (TPSA) is 58.6 Å². The Morgan fingerprint density at radius 2 is 1.68 bits per heavy atom. The van der Waals surface area contributed by atoms with Crippen molar-refractivity contribution in [2.24, 2.45) is 0 Å². The molecule has 0 aliphatic heterocycles. The summed E-state index contributed by atoms with van der Waals surface area (Å²) in [4.78, 5) is 27.3. The lowest BCUT2D eigenvalue weighted by Crippen LogP contribution is -2.53. The van der Waals surface area contributed by atoms with Crippen molar-refractivity contribution in [3.63, 3.8) is 0 Å². The van der Waals surface area contributed by atoms with E-state index in [0.29, 0.717) is 5.75 Å². The molecule has 0 fully saturated rings. The van der Waals surface area contributed by atoms with E-state index in [0.717, 1.165) is 21.2 Å². The van der Waals surface area contributed by atoms with Crippen LogP contribution in [0.1, 0.15) is 44.4 Å². The van der Waals surface area contributed by atoms with E-state index in [-0.39, 0.29) is 30.8 Å². The third-order valence-corrected chi connectivity index (χ3v) is 5.95. The molecule has 0 bridgehead atoms. The Kier molecular flexibility index (Phi) is 8.23. The minimum absolute atomic E-state index is 0.166. The molecule has 0 aliphatic carbocycles. The average molecular weight is 493 g/mol. The molecule has 0 saturated carbocycles. The molecule has 5 nitrogen and oxygen atoms in total. The van der Waals surface area contributed by atoms with Gasteiger partial charge >= 0.3 is 0 Å². The van der Waals surface area contributed by atoms with E-state index in [1.165, 1.54) is 17.0 Å². The number of aryl methyl sites for hydroxylation is 2. The van der Waals surface area contributed by atoms with E-state index in [4.69, 9.17) is 4.74 Å². The Balaban J connectivity index is 2.20. The SMILES string of the molecule is Cc1cc(OCC(=O)N(Cc2ccc(F)cc2)[C@@H](C)C(=O)NC(C)(C)C)cc(C)c1Br. The van der Waals surface area contributed by atoms with Gasteiger partial charge < -0.3 is 15.0 Å². The minimum Gasteiger partial charge on any atom is -0.484 e. The summed E-state index contributed by atoms with van der Waals surface area (Å²) in [5.41, 5.74) is 2.30. The van der Waals surface area contributed by atoms with Gasteiger partial charge in [0, 0.05) is 16.6 Å². The molecule has 2 aromatic carbocycles. The first-order valence-electron chi connectivity index (χ1n) is 10.1. The predicted molar refractivity (Wildman–Crippen MR) is 123 cm³/mol. The third kappa shape index (κ3) is 7.35. The number of benzene rings is 2. The van der Waals surface area contributed by atoms with E-state index in [9.17, 15) is 14.0 Å². The van der Waals surface area contributed by atoms with Crippen molar-refractivity contribution < 1.29 is 18.7 Å². The normalized spacial score (nSPS) is 12.3. The number of hydrogen-bond acceptors (Lipinski definition) is 3. The molecule has 2 rings (SSSR count). The van der Waals surface area contributed by atoms with Gasteiger partial charge in [-0.05, 0) is 82.5 Å². The highest BCUT2D eigenvalue weighted by molar-refractivity contribution is 9.10. The van der Waals surface area contributed by atoms with Crippen LogP contribution in [0.3, 0.4) is 0 Å². The Labute approximate surface area is 192 Å². The second-order valence-corrected chi connectivity index (χ2v) is 9.52. The highest BCUT2D eigenvalue weighted by atomic mass is 79.9. The van der Waals surface area contributed by atoms with Crippen molar-refractivity contribution in [2.75, 3.05) is 6.61 Å². The van der Waals surface area contributed by atoms with Gasteiger partial charge in [0.15, 0.2) is 6.61 Å². The van der Waals surface area contributed by atoms with Gasteiger partial charge in [-0.1, -0.05) is 28.1 Å². The van der Waals surface area contributed by atoms with Crippen molar-refractivity contribution in [1.82, 2.24) is 10.2 Å². The lowest BCUT2D eigenvalue weighted by Gasteiger charge is -2.31. The molecule has 0 aromatic heterocycles. The van der Waals surface area contributed by atoms with Crippen molar-refractivity contribution >= 4 is 27.7 Å². The van der Waals surface area contributed by atoms with E-state index in [2.05, 4.69) is 21.2 Å². The van der Waals surface area contributed by atoms with Crippen LogP contribution in [0.25, 0.3) is 0 Å². The molecule has 0 heterocycles. The summed E-state index contributed by atoms with van der Waals surface area (Å²) in [7, 11) is 0. The maximum atomic E-state index is 13.3. The molecule has 0 unspecified atom stereocenters. The maximum Gasteiger partial charge on any atom is 0.261 e. The van der Waals surface area contributed by atoms with Crippen LogP contribution in [-0.2, 0) is 16.1 Å². The number of carbonyl (C=O) groups is 2. The summed E-state index contributed by atoms with van der Waals surface area (Å²) >= 11 is 3.52. The smallest absolute Gasteiger partial charge is 0.261 e. The van der Waals surface area contributed by atoms with Crippen LogP contribution in [0, 0.1) is 19.7 Å². The molecule has 0 radical (unpaired) electrons. The number of ether oxygens (including phenoxy) is 1. The number of nitrogens with one attached hydrogen (secondary N) is 1. The van der Waals surface area contributed by atoms with Crippen molar-refractivity contribution in [2.45, 2.75) is 59.7 Å². The molecule has 0 aliphatic rings. The molecule has 1 atom stereocenters. The number of carbonyl (C=O) groups excluding carboxylic acids is 2. The highest BCUT2D eigenvalue weighted by Gasteiger charge is 2.28. The predicted octanol–water partition coefficient (Wildman–Crippen LogP) is 4.92. The monoisotopic (exact) mass is 492 g/mol. The number of amides is 2. The van der Waals surface area contributed by atoms with Gasteiger partial charge in [-0.2, -0.15) is 0 Å². The first-order valence-corrected chi connectivity index (χ1v) is 10.9. The van der Waals surface area contributed by atoms with E-state index < -0.39 is 11.6 Å². The summed E-state index contributed by atoms with van der Waals surface area (Å²) < 4.78 is 20.0. The molecule has 0 saturated heterocycles. The van der Waals surface area contributed by atoms with Crippen molar-refractivity contribution in [3.05, 3.63) is 63.4 Å². The van der Waals surface area contributed by atoms with Crippen LogP contribution in [0.5, 0.6) is 5.75 Å². The quantitative estimate of drug-likeness (QED) is 0.596. The first-order chi connectivity index (χ1) is 14.4. The van der Waals surface area contributed by atoms with Crippen LogP contribution >= 0.6 is 15.9 Å². The zero-order valence-electron chi connectivity index (χ0n) is 18.9. The maximum absolute atomic E-state index is 13.3. The number of rotatable bonds is 7. The van der Waals surface area contributed by atoms with Gasteiger partial charge in [-0.15, -0.1) is 0 Å². The summed E-state index contributed by atoms with van der Waals surface area (Å²) in [6.07, 6.45) is 0. The van der Waals surface area contributed by atoms with Crippen LogP contribution in [-0.4, -0.2) is 34.9 Å². The highest BCUT2D eigenvalue weighted by Crippen LogP contribution is 2.26. The number of nitrogens with zero attached hydrogens (tertiary/aromatic N) is 1. The van der Waals surface area contributed by atoms with Crippen molar-refractivity contribution in [3.8, 4) is 5.75 Å². The fraction of sp³-hybridized carbons (Fsp3) is 0.417. The van der Waals surface area contributed by atoms with Gasteiger partial charge in [0.1, 0.15) is 17.6 Å². The Morgan fingerprint density at radius 1 is 1.13 bits per heavy atom. The molecule has 7 heteroatoms. The Bertz CT molecular complexity index is 916. The standard InChI is InChI=1S/C24H30BrFN2O3/c1-15-11-20(12-16(2)22(15)25)31-14-21(29)28(13-18-7-9-19(26)10-8-18)17(3)23(30)27-24(4,5)6/h7-12,17H,13-14H2,1-6H3,(H,27,30)/t17-/m0/s1. The Hall–Kier alpha value is -2.41. The number of hydrogen-bond donors (Lipinski definition) is 1. The van der Waals surface area contributed by atoms with Crippen LogP contribution < -0.4 is 10.1 Å². The lowest BCUT2D eigenvalue weighted by molar-refractivity contribution is -0.142. The van der Waals surface area contributed by atoms with Gasteiger partial charge in [-0.3, -0.25) is 9.59 Å². The van der Waals surface area contributed by atoms with Gasteiger partial charge in [0.25, 0.3) is 5.91 Å². The second kappa shape index (κ2) is 10.3. The Morgan fingerprint density at radius 3 is 2.19 bits per heavy atom. The zero-order valence-corrected chi connectivity index (χ0v) is 20.5. The second-order valence-electron chi connectivity index (χ2n) is 8.72. The first kappa shape index (κ1) is 24.9. The molecular weight excluding hydrogens is 463 g/mol. The molecule has 1 N–H and O–H groups in total. The molecule has 31 heavy (non-hydrogen) atoms. The summed E-state index contributed by atoms with van der Waals surface area (Å²) in [5, 5.41) is 2.91. The summed E-state index contributed by atoms with van der Waals surface area (Å²) in [6.45, 7) is 11.2. The van der Waals surface area contributed by atoms with E-state index in [1.807, 2.05) is 46.8 Å². The minimum atomic E-state index is -0.728.